The summed E-state index contributed by atoms with van der Waals surface area (Å²) in [6, 6.07) is 1.92. The molecule has 3 nitrogen and oxygen atoms in total. The van der Waals surface area contributed by atoms with Gasteiger partial charge < -0.3 is 10.5 Å². The topological polar surface area (TPSA) is 59.1 Å². The number of methoxy groups -OCH3 is 1. The average molecular weight is 200 g/mol. The molecule has 0 spiro atoms. The van der Waals surface area contributed by atoms with Crippen molar-refractivity contribution < 1.29 is 13.5 Å². The fourth-order valence-electron chi connectivity index (χ4n) is 1.10. The van der Waals surface area contributed by atoms with Crippen molar-refractivity contribution in [1.82, 2.24) is 0 Å². The molecule has 5 heteroatoms. The molecule has 0 aliphatic rings. The van der Waals surface area contributed by atoms with Crippen molar-refractivity contribution in [2.75, 3.05) is 7.11 Å². The van der Waals surface area contributed by atoms with Gasteiger partial charge >= 0.3 is 0 Å². The van der Waals surface area contributed by atoms with Crippen LogP contribution in [0.25, 0.3) is 0 Å². The smallest absolute Gasteiger partial charge is 0.162 e. The molecule has 14 heavy (non-hydrogen) atoms. The summed E-state index contributed by atoms with van der Waals surface area (Å²) in [5.41, 5.74) is 5.51. The molecule has 0 radical (unpaired) electrons. The summed E-state index contributed by atoms with van der Waals surface area (Å²) < 4.78 is 30.4. The van der Waals surface area contributed by atoms with Gasteiger partial charge in [-0.2, -0.15) is 0 Å². The zero-order valence-electron chi connectivity index (χ0n) is 7.60. The normalized spacial score (nSPS) is 9.93. The molecule has 0 aliphatic heterocycles. The van der Waals surface area contributed by atoms with E-state index in [-0.39, 0.29) is 18.0 Å². The third-order valence-corrected chi connectivity index (χ3v) is 1.70. The molecule has 76 valence electrons. The lowest BCUT2D eigenvalue weighted by Gasteiger charge is -2.07. The molecule has 0 fully saturated rings. The molecular formula is C9H10F2N2O. The van der Waals surface area contributed by atoms with Gasteiger partial charge in [-0.25, -0.2) is 8.78 Å². The molecular weight excluding hydrogens is 190 g/mol. The van der Waals surface area contributed by atoms with Crippen LogP contribution in [0.2, 0.25) is 0 Å². The van der Waals surface area contributed by atoms with Gasteiger partial charge in [0.05, 0.1) is 12.9 Å². The molecule has 0 atom stereocenters. The van der Waals surface area contributed by atoms with E-state index in [2.05, 4.69) is 0 Å². The van der Waals surface area contributed by atoms with Crippen molar-refractivity contribution in [3.63, 3.8) is 0 Å². The van der Waals surface area contributed by atoms with Crippen LogP contribution in [0.5, 0.6) is 5.75 Å². The largest absolute Gasteiger partial charge is 0.496 e. The Labute approximate surface area is 80.0 Å². The maximum atomic E-state index is 12.8. The van der Waals surface area contributed by atoms with Gasteiger partial charge in [-0.3, -0.25) is 5.41 Å². The molecule has 0 bridgehead atoms. The van der Waals surface area contributed by atoms with E-state index in [1.807, 2.05) is 0 Å². The fourth-order valence-corrected chi connectivity index (χ4v) is 1.10. The van der Waals surface area contributed by atoms with Crippen molar-refractivity contribution >= 4 is 5.84 Å². The lowest BCUT2D eigenvalue weighted by atomic mass is 10.1. The minimum atomic E-state index is -0.978. The fraction of sp³-hybridized carbons (Fsp3) is 0.222. The third-order valence-electron chi connectivity index (χ3n) is 1.70. The first-order valence-electron chi connectivity index (χ1n) is 3.89. The van der Waals surface area contributed by atoms with Crippen molar-refractivity contribution in [1.29, 1.82) is 5.41 Å². The number of halogens is 2. The average Bonchev–Trinajstić information content (AvgIpc) is 2.10. The molecule has 0 saturated carbocycles. The Kier molecular flexibility index (Phi) is 3.01. The van der Waals surface area contributed by atoms with E-state index < -0.39 is 11.6 Å². The highest BCUT2D eigenvalue weighted by Crippen LogP contribution is 2.22. The van der Waals surface area contributed by atoms with Gasteiger partial charge in [0.2, 0.25) is 0 Å². The van der Waals surface area contributed by atoms with E-state index in [4.69, 9.17) is 15.9 Å². The maximum absolute atomic E-state index is 12.8. The van der Waals surface area contributed by atoms with E-state index in [0.717, 1.165) is 12.1 Å². The van der Waals surface area contributed by atoms with Crippen LogP contribution >= 0.6 is 0 Å². The highest BCUT2D eigenvalue weighted by Gasteiger charge is 2.10. The van der Waals surface area contributed by atoms with E-state index in [9.17, 15) is 8.78 Å². The predicted octanol–water partition coefficient (Wildman–Crippen LogP) is 1.45. The van der Waals surface area contributed by atoms with E-state index in [1.165, 1.54) is 7.11 Å². The Morgan fingerprint density at radius 2 is 2.00 bits per heavy atom. The van der Waals surface area contributed by atoms with Gasteiger partial charge in [0.15, 0.2) is 11.6 Å². The predicted molar refractivity (Wildman–Crippen MR) is 48.5 cm³/mol. The summed E-state index contributed by atoms with van der Waals surface area (Å²) in [4.78, 5) is 0. The van der Waals surface area contributed by atoms with Crippen LogP contribution in [0, 0.1) is 17.0 Å². The van der Waals surface area contributed by atoms with Gasteiger partial charge in [0.25, 0.3) is 0 Å². The highest BCUT2D eigenvalue weighted by atomic mass is 19.2. The lowest BCUT2D eigenvalue weighted by Crippen LogP contribution is -2.13. The minimum absolute atomic E-state index is 0.0420. The zero-order valence-corrected chi connectivity index (χ0v) is 7.60. The lowest BCUT2D eigenvalue weighted by molar-refractivity contribution is 0.402. The SMILES string of the molecule is COc1cc(F)c(F)cc1CC(=N)N. The quantitative estimate of drug-likeness (QED) is 0.573. The Hall–Kier alpha value is -1.65. The highest BCUT2D eigenvalue weighted by molar-refractivity contribution is 5.80. The number of benzene rings is 1. The Morgan fingerprint density at radius 1 is 1.43 bits per heavy atom. The second-order valence-corrected chi connectivity index (χ2v) is 2.78. The van der Waals surface area contributed by atoms with E-state index in [0.29, 0.717) is 5.56 Å². The van der Waals surface area contributed by atoms with Gasteiger partial charge in [0.1, 0.15) is 5.75 Å². The molecule has 0 amide bonds. The summed E-state index contributed by atoms with van der Waals surface area (Å²) in [7, 11) is 1.34. The van der Waals surface area contributed by atoms with E-state index >= 15 is 0 Å². The van der Waals surface area contributed by atoms with Crippen LogP contribution in [0.15, 0.2) is 12.1 Å². The molecule has 0 aromatic heterocycles. The van der Waals surface area contributed by atoms with Crippen molar-refractivity contribution in [3.05, 3.63) is 29.3 Å². The van der Waals surface area contributed by atoms with Crippen molar-refractivity contribution in [2.45, 2.75) is 6.42 Å². The van der Waals surface area contributed by atoms with E-state index in [1.54, 1.807) is 0 Å². The summed E-state index contributed by atoms with van der Waals surface area (Å²) in [5, 5.41) is 7.03. The number of ether oxygens (including phenoxy) is 1. The number of nitrogens with one attached hydrogen (secondary N) is 1. The van der Waals surface area contributed by atoms with Crippen LogP contribution in [0.4, 0.5) is 8.78 Å². The number of hydrogen-bond acceptors (Lipinski definition) is 2. The van der Waals surface area contributed by atoms with Crippen LogP contribution in [0.1, 0.15) is 5.56 Å². The number of nitrogens with two attached hydrogens (primary N) is 1. The van der Waals surface area contributed by atoms with Gasteiger partial charge in [-0.1, -0.05) is 0 Å². The van der Waals surface area contributed by atoms with Crippen molar-refractivity contribution in [3.8, 4) is 5.75 Å². The summed E-state index contributed by atoms with van der Waals surface area (Å²) in [5.74, 6) is -1.88. The first-order chi connectivity index (χ1) is 6.54. The summed E-state index contributed by atoms with van der Waals surface area (Å²) >= 11 is 0. The van der Waals surface area contributed by atoms with Crippen LogP contribution < -0.4 is 10.5 Å². The summed E-state index contributed by atoms with van der Waals surface area (Å²) in [6.45, 7) is 0. The molecule has 1 aromatic rings. The van der Waals surface area contributed by atoms with Gasteiger partial charge in [-0.15, -0.1) is 0 Å². The Morgan fingerprint density at radius 3 is 2.50 bits per heavy atom. The Bertz CT molecular complexity index is 366. The van der Waals surface area contributed by atoms with Crippen LogP contribution in [-0.4, -0.2) is 12.9 Å². The van der Waals surface area contributed by atoms with Gasteiger partial charge in [0, 0.05) is 18.1 Å². The number of rotatable bonds is 3. The van der Waals surface area contributed by atoms with Gasteiger partial charge in [-0.05, 0) is 6.07 Å². The Balaban J connectivity index is 3.13. The second-order valence-electron chi connectivity index (χ2n) is 2.78. The standard InChI is InChI=1S/C9H10F2N2O/c1-14-8-4-7(11)6(10)2-5(8)3-9(12)13/h2,4H,3H2,1H3,(H3,12,13). The molecule has 0 saturated heterocycles. The minimum Gasteiger partial charge on any atom is -0.496 e. The first-order valence-corrected chi connectivity index (χ1v) is 3.89. The van der Waals surface area contributed by atoms with Crippen LogP contribution in [-0.2, 0) is 6.42 Å². The van der Waals surface area contributed by atoms with Crippen LogP contribution in [0.3, 0.4) is 0 Å². The molecule has 1 rings (SSSR count). The monoisotopic (exact) mass is 200 g/mol. The molecule has 1 aromatic carbocycles. The molecule has 3 N–H and O–H groups in total. The molecule has 0 aliphatic carbocycles. The third kappa shape index (κ3) is 2.18. The number of amidine groups is 1. The molecule has 0 heterocycles. The maximum Gasteiger partial charge on any atom is 0.162 e. The number of hydrogen-bond donors (Lipinski definition) is 2. The molecule has 0 unspecified atom stereocenters. The summed E-state index contributed by atoms with van der Waals surface area (Å²) in [6.07, 6.45) is 0.0420. The second kappa shape index (κ2) is 4.04. The zero-order chi connectivity index (χ0) is 10.7. The van der Waals surface area contributed by atoms with Crippen molar-refractivity contribution in [2.24, 2.45) is 5.73 Å². The first kappa shape index (κ1) is 10.4.